The number of hydrogen-bond acceptors (Lipinski definition) is 2. The molecule has 1 N–H and O–H groups in total. The van der Waals surface area contributed by atoms with Crippen molar-refractivity contribution in [1.29, 1.82) is 0 Å². The van der Waals surface area contributed by atoms with E-state index >= 15 is 0 Å². The molecule has 0 aliphatic carbocycles. The zero-order valence-corrected chi connectivity index (χ0v) is 18.9. The van der Waals surface area contributed by atoms with Gasteiger partial charge in [0.05, 0.1) is 11.1 Å². The van der Waals surface area contributed by atoms with Gasteiger partial charge in [-0.1, -0.05) is 29.8 Å². The van der Waals surface area contributed by atoms with Gasteiger partial charge >= 0.3 is 12.4 Å². The summed E-state index contributed by atoms with van der Waals surface area (Å²) in [5.74, 6) is -0.855. The summed E-state index contributed by atoms with van der Waals surface area (Å²) in [4.78, 5) is 14.4. The number of rotatable bonds is 4. The molecular formula is C23H25ClF6N2O. The van der Waals surface area contributed by atoms with E-state index in [0.29, 0.717) is 31.6 Å². The largest absolute Gasteiger partial charge is 0.416 e. The maximum Gasteiger partial charge on any atom is 0.416 e. The van der Waals surface area contributed by atoms with Crippen LogP contribution in [0, 0.1) is 12.8 Å². The minimum Gasteiger partial charge on any atom is -0.341 e. The second-order valence-corrected chi connectivity index (χ2v) is 8.22. The van der Waals surface area contributed by atoms with Crippen molar-refractivity contribution in [3.63, 3.8) is 0 Å². The zero-order valence-electron chi connectivity index (χ0n) is 18.1. The average Bonchev–Trinajstić information content (AvgIpc) is 2.72. The minimum atomic E-state index is -4.93. The molecule has 1 fully saturated rings. The molecule has 182 valence electrons. The van der Waals surface area contributed by atoms with Crippen molar-refractivity contribution in [3.05, 3.63) is 70.3 Å². The van der Waals surface area contributed by atoms with Gasteiger partial charge in [0, 0.05) is 32.0 Å². The SMILES string of the molecule is Cc1ccc(C2CNCCC2C(=O)N(C)Cc2cc(C(F)(F)F)cc(C(F)(F)F)c2)cc1.Cl. The van der Waals surface area contributed by atoms with Crippen LogP contribution < -0.4 is 5.32 Å². The summed E-state index contributed by atoms with van der Waals surface area (Å²) < 4.78 is 78.8. The first-order valence-electron chi connectivity index (χ1n) is 10.2. The van der Waals surface area contributed by atoms with E-state index in [0.717, 1.165) is 11.1 Å². The molecule has 3 rings (SSSR count). The Hall–Kier alpha value is -2.26. The quantitative estimate of drug-likeness (QED) is 0.544. The molecule has 33 heavy (non-hydrogen) atoms. The molecule has 1 aliphatic rings. The van der Waals surface area contributed by atoms with Crippen LogP contribution in [0.5, 0.6) is 0 Å². The fourth-order valence-corrected chi connectivity index (χ4v) is 4.06. The van der Waals surface area contributed by atoms with E-state index in [4.69, 9.17) is 0 Å². The Morgan fingerprint density at radius 2 is 1.55 bits per heavy atom. The van der Waals surface area contributed by atoms with Crippen molar-refractivity contribution < 1.29 is 31.1 Å². The van der Waals surface area contributed by atoms with Crippen LogP contribution in [0.3, 0.4) is 0 Å². The molecule has 3 nitrogen and oxygen atoms in total. The van der Waals surface area contributed by atoms with E-state index in [1.165, 1.54) is 11.9 Å². The van der Waals surface area contributed by atoms with Crippen LogP contribution in [-0.4, -0.2) is 30.9 Å². The lowest BCUT2D eigenvalue weighted by atomic mass is 9.80. The highest BCUT2D eigenvalue weighted by atomic mass is 35.5. The Kier molecular flexibility index (Phi) is 8.46. The lowest BCUT2D eigenvalue weighted by Crippen LogP contribution is -2.43. The van der Waals surface area contributed by atoms with E-state index in [-0.39, 0.29) is 42.4 Å². The van der Waals surface area contributed by atoms with Gasteiger partial charge in [-0.2, -0.15) is 26.3 Å². The van der Waals surface area contributed by atoms with Crippen LogP contribution in [0.2, 0.25) is 0 Å². The van der Waals surface area contributed by atoms with Gasteiger partial charge in [0.25, 0.3) is 0 Å². The number of alkyl halides is 6. The summed E-state index contributed by atoms with van der Waals surface area (Å²) in [7, 11) is 1.41. The van der Waals surface area contributed by atoms with Gasteiger partial charge in [-0.05, 0) is 49.2 Å². The number of carbonyl (C=O) groups excluding carboxylic acids is 1. The number of aryl methyl sites for hydroxylation is 1. The molecule has 2 aromatic carbocycles. The maximum atomic E-state index is 13.2. The molecule has 0 bridgehead atoms. The van der Waals surface area contributed by atoms with Gasteiger partial charge in [-0.25, -0.2) is 0 Å². The predicted octanol–water partition coefficient (Wildman–Crippen LogP) is 5.81. The number of halogens is 7. The van der Waals surface area contributed by atoms with Gasteiger partial charge in [-0.3, -0.25) is 4.79 Å². The van der Waals surface area contributed by atoms with Gasteiger partial charge < -0.3 is 10.2 Å². The van der Waals surface area contributed by atoms with Crippen molar-refractivity contribution in [2.75, 3.05) is 20.1 Å². The van der Waals surface area contributed by atoms with Crippen molar-refractivity contribution in [1.82, 2.24) is 10.2 Å². The Balaban J connectivity index is 0.00000385. The molecular weight excluding hydrogens is 470 g/mol. The third kappa shape index (κ3) is 6.63. The Morgan fingerprint density at radius 1 is 1.00 bits per heavy atom. The number of hydrogen-bond donors (Lipinski definition) is 1. The second-order valence-electron chi connectivity index (χ2n) is 8.22. The second kappa shape index (κ2) is 10.3. The molecule has 0 saturated carbocycles. The third-order valence-electron chi connectivity index (χ3n) is 5.75. The van der Waals surface area contributed by atoms with Crippen LogP contribution in [0.15, 0.2) is 42.5 Å². The van der Waals surface area contributed by atoms with Crippen LogP contribution in [0.4, 0.5) is 26.3 Å². The van der Waals surface area contributed by atoms with Crippen LogP contribution >= 0.6 is 12.4 Å². The summed E-state index contributed by atoms with van der Waals surface area (Å²) in [6.07, 6.45) is -9.33. The predicted molar refractivity (Wildman–Crippen MR) is 115 cm³/mol. The molecule has 1 heterocycles. The molecule has 1 aliphatic heterocycles. The third-order valence-corrected chi connectivity index (χ3v) is 5.75. The standard InChI is InChI=1S/C23H24F6N2O.ClH/c1-14-3-5-16(6-4-14)20-12-30-8-7-19(20)21(32)31(2)13-15-9-17(22(24,25)26)11-18(10-15)23(27,28)29;/h3-6,9-11,19-20,30H,7-8,12-13H2,1-2H3;1H. The van der Waals surface area contributed by atoms with Gasteiger partial charge in [0.1, 0.15) is 0 Å². The van der Waals surface area contributed by atoms with Gasteiger partial charge in [-0.15, -0.1) is 12.4 Å². The zero-order chi connectivity index (χ0) is 23.7. The number of nitrogens with one attached hydrogen (secondary N) is 1. The molecule has 2 unspecified atom stereocenters. The highest BCUT2D eigenvalue weighted by Gasteiger charge is 2.38. The summed E-state index contributed by atoms with van der Waals surface area (Å²) in [6, 6.07) is 9.18. The van der Waals surface area contributed by atoms with Crippen molar-refractivity contribution in [2.45, 2.75) is 38.2 Å². The number of benzene rings is 2. The monoisotopic (exact) mass is 494 g/mol. The Labute approximate surface area is 194 Å². The first kappa shape index (κ1) is 27.0. The summed E-state index contributed by atoms with van der Waals surface area (Å²) in [5.41, 5.74) is -0.954. The van der Waals surface area contributed by atoms with Gasteiger partial charge in [0.2, 0.25) is 5.91 Å². The molecule has 1 amide bonds. The Bertz CT molecular complexity index is 927. The number of nitrogens with zero attached hydrogens (tertiary/aromatic N) is 1. The molecule has 0 aromatic heterocycles. The Morgan fingerprint density at radius 3 is 2.06 bits per heavy atom. The maximum absolute atomic E-state index is 13.2. The highest BCUT2D eigenvalue weighted by molar-refractivity contribution is 5.85. The number of carbonyl (C=O) groups is 1. The number of piperidine rings is 1. The minimum absolute atomic E-state index is 0. The van der Waals surface area contributed by atoms with E-state index in [2.05, 4.69) is 5.32 Å². The first-order chi connectivity index (χ1) is 14.9. The van der Waals surface area contributed by atoms with Crippen LogP contribution in [0.25, 0.3) is 0 Å². The lowest BCUT2D eigenvalue weighted by Gasteiger charge is -2.34. The fourth-order valence-electron chi connectivity index (χ4n) is 4.06. The van der Waals surface area contributed by atoms with Crippen molar-refractivity contribution >= 4 is 18.3 Å². The van der Waals surface area contributed by atoms with Crippen LogP contribution in [-0.2, 0) is 23.7 Å². The lowest BCUT2D eigenvalue weighted by molar-refractivity contribution is -0.143. The average molecular weight is 495 g/mol. The molecule has 0 spiro atoms. The van der Waals surface area contributed by atoms with E-state index in [1.54, 1.807) is 0 Å². The molecule has 2 atom stereocenters. The van der Waals surface area contributed by atoms with E-state index in [1.807, 2.05) is 31.2 Å². The van der Waals surface area contributed by atoms with E-state index in [9.17, 15) is 31.1 Å². The molecule has 10 heteroatoms. The van der Waals surface area contributed by atoms with Gasteiger partial charge in [0.15, 0.2) is 0 Å². The van der Waals surface area contributed by atoms with Crippen LogP contribution in [0.1, 0.15) is 40.2 Å². The highest BCUT2D eigenvalue weighted by Crippen LogP contribution is 2.37. The fraction of sp³-hybridized carbons (Fsp3) is 0.435. The summed E-state index contributed by atoms with van der Waals surface area (Å²) >= 11 is 0. The molecule has 2 aromatic rings. The van der Waals surface area contributed by atoms with E-state index < -0.39 is 29.4 Å². The first-order valence-corrected chi connectivity index (χ1v) is 10.2. The summed E-state index contributed by atoms with van der Waals surface area (Å²) in [6.45, 7) is 2.77. The van der Waals surface area contributed by atoms with Crippen molar-refractivity contribution in [3.8, 4) is 0 Å². The topological polar surface area (TPSA) is 32.3 Å². The number of amides is 1. The smallest absolute Gasteiger partial charge is 0.341 e. The van der Waals surface area contributed by atoms with Crippen molar-refractivity contribution in [2.24, 2.45) is 5.92 Å². The molecule has 0 radical (unpaired) electrons. The summed E-state index contributed by atoms with van der Waals surface area (Å²) in [5, 5.41) is 3.25. The normalized spacial score (nSPS) is 19.0. The molecule has 1 saturated heterocycles.